The van der Waals surface area contributed by atoms with Crippen LogP contribution < -0.4 is 5.32 Å². The van der Waals surface area contributed by atoms with Gasteiger partial charge in [0.25, 0.3) is 11.6 Å². The first-order chi connectivity index (χ1) is 15.6. The van der Waals surface area contributed by atoms with E-state index in [2.05, 4.69) is 10.2 Å². The molecule has 1 N–H and O–H groups in total. The maximum Gasteiger partial charge on any atom is 0.289 e. The van der Waals surface area contributed by atoms with E-state index in [4.69, 9.17) is 14.1 Å². The van der Waals surface area contributed by atoms with Crippen molar-refractivity contribution in [3.05, 3.63) is 64.1 Å². The minimum atomic E-state index is -0.412. The molecule has 2 aliphatic heterocycles. The zero-order chi connectivity index (χ0) is 22.3. The Morgan fingerprint density at radius 2 is 1.91 bits per heavy atom. The van der Waals surface area contributed by atoms with Gasteiger partial charge in [0.1, 0.15) is 0 Å². The van der Waals surface area contributed by atoms with E-state index in [-0.39, 0.29) is 17.7 Å². The number of non-ortho nitro benzene ring substituents is 1. The molecule has 1 aromatic carbocycles. The zero-order valence-corrected chi connectivity index (χ0v) is 17.8. The van der Waals surface area contributed by atoms with Crippen LogP contribution >= 0.6 is 0 Å². The molecule has 0 saturated carbocycles. The lowest BCUT2D eigenvalue weighted by Gasteiger charge is -2.36. The van der Waals surface area contributed by atoms with Crippen LogP contribution in [0.15, 0.2) is 52.1 Å². The molecule has 1 atom stereocenters. The first kappa shape index (κ1) is 21.8. The second-order valence-electron chi connectivity index (χ2n) is 7.84. The largest absolute Gasteiger partial charge is 0.459 e. The fraction of sp³-hybridized carbons (Fsp3) is 0.455. The van der Waals surface area contributed by atoms with Crippen molar-refractivity contribution in [1.82, 2.24) is 15.1 Å². The van der Waals surface area contributed by atoms with Gasteiger partial charge >= 0.3 is 0 Å². The highest BCUT2D eigenvalue weighted by Gasteiger charge is 2.26. The van der Waals surface area contributed by atoms with Crippen molar-refractivity contribution in [3.8, 4) is 0 Å². The number of ether oxygens (including phenoxy) is 1. The van der Waals surface area contributed by atoms with Gasteiger partial charge in [-0.25, -0.2) is 4.99 Å². The third-order valence-corrected chi connectivity index (χ3v) is 5.67. The molecule has 1 aromatic heterocycles. The monoisotopic (exact) mass is 441 g/mol. The van der Waals surface area contributed by atoms with Crippen LogP contribution in [0.2, 0.25) is 0 Å². The van der Waals surface area contributed by atoms with Gasteiger partial charge in [-0.1, -0.05) is 12.1 Å². The van der Waals surface area contributed by atoms with Gasteiger partial charge in [0.2, 0.25) is 0 Å². The molecule has 0 spiro atoms. The number of amides is 1. The van der Waals surface area contributed by atoms with Crippen LogP contribution in [0.4, 0.5) is 5.69 Å². The molecule has 0 radical (unpaired) electrons. The van der Waals surface area contributed by atoms with Crippen molar-refractivity contribution in [3.63, 3.8) is 0 Å². The Morgan fingerprint density at radius 1 is 1.16 bits per heavy atom. The van der Waals surface area contributed by atoms with E-state index in [1.807, 2.05) is 0 Å². The molecule has 1 amide bonds. The molecular weight excluding hydrogens is 414 g/mol. The van der Waals surface area contributed by atoms with Crippen LogP contribution in [0.3, 0.4) is 0 Å². The molecule has 2 fully saturated rings. The number of nitro groups is 1. The van der Waals surface area contributed by atoms with E-state index in [1.54, 1.807) is 29.2 Å². The number of nitrogens with one attached hydrogen (secondary N) is 1. The second-order valence-corrected chi connectivity index (χ2v) is 7.84. The van der Waals surface area contributed by atoms with Crippen LogP contribution in [0.1, 0.15) is 29.0 Å². The zero-order valence-electron chi connectivity index (χ0n) is 17.8. The Bertz CT molecular complexity index is 930. The molecular formula is C22H27N5O5. The number of nitro benzene ring substituents is 1. The molecule has 170 valence electrons. The first-order valence-corrected chi connectivity index (χ1v) is 10.8. The van der Waals surface area contributed by atoms with E-state index < -0.39 is 4.92 Å². The third kappa shape index (κ3) is 5.44. The van der Waals surface area contributed by atoms with Crippen molar-refractivity contribution in [2.24, 2.45) is 4.99 Å². The molecule has 10 nitrogen and oxygen atoms in total. The molecule has 1 unspecified atom stereocenters. The standard InChI is InChI=1S/C22H27N5O5/c28-21(20-4-2-14-32-20)25-9-11-26(12-10-25)22(24-16-19-3-1-13-31-19)23-15-17-5-7-18(8-6-17)27(29)30/h2,4-8,14,19H,1,3,9-13,15-16H2,(H,23,24). The van der Waals surface area contributed by atoms with Gasteiger partial charge in [-0.15, -0.1) is 0 Å². The summed E-state index contributed by atoms with van der Waals surface area (Å²) in [4.78, 5) is 31.6. The third-order valence-electron chi connectivity index (χ3n) is 5.67. The summed E-state index contributed by atoms with van der Waals surface area (Å²) < 4.78 is 10.9. The summed E-state index contributed by atoms with van der Waals surface area (Å²) in [5.74, 6) is 0.998. The number of hydrogen-bond acceptors (Lipinski definition) is 6. The van der Waals surface area contributed by atoms with Crippen LogP contribution in [-0.2, 0) is 11.3 Å². The Morgan fingerprint density at radius 3 is 2.53 bits per heavy atom. The van der Waals surface area contributed by atoms with Crippen molar-refractivity contribution in [2.45, 2.75) is 25.5 Å². The van der Waals surface area contributed by atoms with E-state index >= 15 is 0 Å². The number of guanidine groups is 1. The van der Waals surface area contributed by atoms with Gasteiger partial charge in [-0.05, 0) is 30.5 Å². The van der Waals surface area contributed by atoms with Gasteiger partial charge in [-0.3, -0.25) is 14.9 Å². The molecule has 2 aromatic rings. The van der Waals surface area contributed by atoms with E-state index in [1.165, 1.54) is 18.4 Å². The molecule has 4 rings (SSSR count). The fourth-order valence-electron chi connectivity index (χ4n) is 3.84. The van der Waals surface area contributed by atoms with Crippen molar-refractivity contribution in [2.75, 3.05) is 39.3 Å². The highest BCUT2D eigenvalue weighted by atomic mass is 16.6. The van der Waals surface area contributed by atoms with Crippen LogP contribution in [0.25, 0.3) is 0 Å². The summed E-state index contributed by atoms with van der Waals surface area (Å²) in [5.41, 5.74) is 0.949. The normalized spacial score (nSPS) is 19.2. The number of nitrogens with zero attached hydrogens (tertiary/aromatic N) is 4. The quantitative estimate of drug-likeness (QED) is 0.317. The van der Waals surface area contributed by atoms with Gasteiger partial charge < -0.3 is 24.3 Å². The molecule has 0 bridgehead atoms. The number of carbonyl (C=O) groups excluding carboxylic acids is 1. The van der Waals surface area contributed by atoms with Gasteiger partial charge in [-0.2, -0.15) is 0 Å². The van der Waals surface area contributed by atoms with E-state index in [0.717, 1.165) is 31.0 Å². The summed E-state index contributed by atoms with van der Waals surface area (Å²) in [7, 11) is 0. The van der Waals surface area contributed by atoms with Crippen molar-refractivity contribution >= 4 is 17.6 Å². The summed E-state index contributed by atoms with van der Waals surface area (Å²) in [6, 6.07) is 9.81. The van der Waals surface area contributed by atoms with Crippen LogP contribution in [-0.4, -0.2) is 72.0 Å². The number of furan rings is 1. The molecule has 2 aliphatic rings. The van der Waals surface area contributed by atoms with E-state index in [9.17, 15) is 14.9 Å². The lowest BCUT2D eigenvalue weighted by Crippen LogP contribution is -2.54. The molecule has 10 heteroatoms. The average molecular weight is 441 g/mol. The predicted octanol–water partition coefficient (Wildman–Crippen LogP) is 2.27. The van der Waals surface area contributed by atoms with Gasteiger partial charge in [0, 0.05) is 51.5 Å². The number of aliphatic imine (C=N–C) groups is 1. The Kier molecular flexibility index (Phi) is 7.00. The SMILES string of the molecule is O=C(c1ccco1)N1CCN(C(=NCc2ccc([N+](=O)[O-])cc2)NCC2CCCO2)CC1. The molecule has 2 saturated heterocycles. The van der Waals surface area contributed by atoms with E-state index in [0.29, 0.717) is 45.0 Å². The number of rotatable bonds is 6. The lowest BCUT2D eigenvalue weighted by atomic mass is 10.2. The lowest BCUT2D eigenvalue weighted by molar-refractivity contribution is -0.384. The molecule has 0 aliphatic carbocycles. The average Bonchev–Trinajstić information content (AvgIpc) is 3.54. The number of piperazine rings is 1. The van der Waals surface area contributed by atoms with Gasteiger partial charge in [0.15, 0.2) is 11.7 Å². The minimum Gasteiger partial charge on any atom is -0.459 e. The van der Waals surface area contributed by atoms with Crippen LogP contribution in [0.5, 0.6) is 0 Å². The first-order valence-electron chi connectivity index (χ1n) is 10.8. The summed E-state index contributed by atoms with van der Waals surface area (Å²) >= 11 is 0. The Hall–Kier alpha value is -3.40. The highest BCUT2D eigenvalue weighted by molar-refractivity contribution is 5.91. The van der Waals surface area contributed by atoms with Gasteiger partial charge in [0.05, 0.1) is 23.8 Å². The summed E-state index contributed by atoms with van der Waals surface area (Å²) in [6.07, 6.45) is 3.76. The van der Waals surface area contributed by atoms with Crippen LogP contribution in [0, 0.1) is 10.1 Å². The summed E-state index contributed by atoms with van der Waals surface area (Å²) in [5, 5.41) is 14.3. The maximum atomic E-state index is 12.5. The molecule has 3 heterocycles. The Labute approximate surface area is 186 Å². The van der Waals surface area contributed by atoms with Crippen molar-refractivity contribution in [1.29, 1.82) is 0 Å². The predicted molar refractivity (Wildman–Crippen MR) is 117 cm³/mol. The number of benzene rings is 1. The minimum absolute atomic E-state index is 0.0619. The fourth-order valence-corrected chi connectivity index (χ4v) is 3.84. The number of carbonyl (C=O) groups is 1. The Balaban J connectivity index is 1.40. The smallest absolute Gasteiger partial charge is 0.289 e. The highest BCUT2D eigenvalue weighted by Crippen LogP contribution is 2.14. The maximum absolute atomic E-state index is 12.5. The topological polar surface area (TPSA) is 113 Å². The second kappa shape index (κ2) is 10.3. The summed E-state index contributed by atoms with van der Waals surface area (Å²) in [6.45, 7) is 4.28. The molecule has 32 heavy (non-hydrogen) atoms. The van der Waals surface area contributed by atoms with Crippen molar-refractivity contribution < 1.29 is 18.9 Å². The number of hydrogen-bond donors (Lipinski definition) is 1.